The van der Waals surface area contributed by atoms with Gasteiger partial charge in [-0.05, 0) is 31.2 Å². The number of nitrogens with one attached hydrogen (secondary N) is 1. The summed E-state index contributed by atoms with van der Waals surface area (Å²) in [5.74, 6) is -1.63. The number of carbonyl (C=O) groups is 1. The van der Waals surface area contributed by atoms with Crippen molar-refractivity contribution < 1.29 is 13.6 Å². The summed E-state index contributed by atoms with van der Waals surface area (Å²) in [4.78, 5) is 12.0. The van der Waals surface area contributed by atoms with Crippen LogP contribution in [-0.2, 0) is 0 Å². The number of benzene rings is 2. The molecule has 20 heavy (non-hydrogen) atoms. The fourth-order valence-electron chi connectivity index (χ4n) is 1.84. The molecule has 0 bridgehead atoms. The molecular formula is C15H12BrF2NO. The quantitative estimate of drug-likeness (QED) is 0.891. The van der Waals surface area contributed by atoms with E-state index >= 15 is 0 Å². The van der Waals surface area contributed by atoms with E-state index in [4.69, 9.17) is 0 Å². The van der Waals surface area contributed by atoms with Crippen molar-refractivity contribution in [3.63, 3.8) is 0 Å². The van der Waals surface area contributed by atoms with Gasteiger partial charge in [-0.2, -0.15) is 0 Å². The van der Waals surface area contributed by atoms with Gasteiger partial charge >= 0.3 is 0 Å². The summed E-state index contributed by atoms with van der Waals surface area (Å²) in [7, 11) is 0. The van der Waals surface area contributed by atoms with E-state index in [1.807, 2.05) is 0 Å². The minimum absolute atomic E-state index is 0.245. The van der Waals surface area contributed by atoms with E-state index in [1.54, 1.807) is 31.2 Å². The molecule has 0 unspecified atom stereocenters. The largest absolute Gasteiger partial charge is 0.345 e. The summed E-state index contributed by atoms with van der Waals surface area (Å²) < 4.78 is 27.3. The first-order valence-electron chi connectivity index (χ1n) is 5.99. The molecule has 0 aliphatic rings. The minimum atomic E-state index is -0.674. The van der Waals surface area contributed by atoms with Gasteiger partial charge in [0.15, 0.2) is 0 Å². The fourth-order valence-corrected chi connectivity index (χ4v) is 2.24. The van der Waals surface area contributed by atoms with Gasteiger partial charge in [0.2, 0.25) is 0 Å². The monoisotopic (exact) mass is 339 g/mol. The Kier molecular flexibility index (Phi) is 4.49. The van der Waals surface area contributed by atoms with E-state index in [2.05, 4.69) is 21.2 Å². The highest BCUT2D eigenvalue weighted by molar-refractivity contribution is 9.10. The standard InChI is InChI=1S/C15H12BrF2NO/c1-9(13-6-5-12(17)8-14(13)18)19-15(20)10-3-2-4-11(16)7-10/h2-9H,1H3,(H,19,20)/t9-/m0/s1. The molecule has 2 aromatic carbocycles. The first-order valence-corrected chi connectivity index (χ1v) is 6.78. The molecule has 1 atom stereocenters. The predicted molar refractivity (Wildman–Crippen MR) is 76.4 cm³/mol. The Labute approximate surface area is 123 Å². The van der Waals surface area contributed by atoms with Crippen molar-refractivity contribution in [1.29, 1.82) is 0 Å². The molecule has 1 N–H and O–H groups in total. The van der Waals surface area contributed by atoms with E-state index in [1.165, 1.54) is 12.1 Å². The molecule has 104 valence electrons. The number of hydrogen-bond donors (Lipinski definition) is 1. The molecule has 0 spiro atoms. The van der Waals surface area contributed by atoms with E-state index in [0.29, 0.717) is 5.56 Å². The van der Waals surface area contributed by atoms with Crippen LogP contribution in [0.5, 0.6) is 0 Å². The van der Waals surface area contributed by atoms with Crippen LogP contribution in [0.1, 0.15) is 28.9 Å². The van der Waals surface area contributed by atoms with Crippen molar-refractivity contribution >= 4 is 21.8 Å². The second-order valence-corrected chi connectivity index (χ2v) is 5.29. The van der Waals surface area contributed by atoms with Crippen molar-refractivity contribution in [2.45, 2.75) is 13.0 Å². The van der Waals surface area contributed by atoms with Gasteiger partial charge in [0, 0.05) is 21.7 Å². The van der Waals surface area contributed by atoms with E-state index in [9.17, 15) is 13.6 Å². The minimum Gasteiger partial charge on any atom is -0.345 e. The van der Waals surface area contributed by atoms with Crippen LogP contribution in [0.2, 0.25) is 0 Å². The molecule has 0 saturated carbocycles. The molecule has 2 aromatic rings. The molecule has 0 radical (unpaired) electrons. The van der Waals surface area contributed by atoms with Crippen LogP contribution in [0.4, 0.5) is 8.78 Å². The molecule has 5 heteroatoms. The van der Waals surface area contributed by atoms with Gasteiger partial charge in [-0.15, -0.1) is 0 Å². The zero-order valence-corrected chi connectivity index (χ0v) is 12.2. The maximum atomic E-state index is 13.6. The Morgan fingerprint density at radius 3 is 2.60 bits per heavy atom. The lowest BCUT2D eigenvalue weighted by Gasteiger charge is -2.15. The van der Waals surface area contributed by atoms with Gasteiger partial charge in [-0.3, -0.25) is 4.79 Å². The SMILES string of the molecule is C[C@H](NC(=O)c1cccc(Br)c1)c1ccc(F)cc1F. The third kappa shape index (κ3) is 3.42. The smallest absolute Gasteiger partial charge is 0.251 e. The molecule has 2 rings (SSSR count). The molecule has 2 nitrogen and oxygen atoms in total. The molecule has 0 aliphatic heterocycles. The van der Waals surface area contributed by atoms with Crippen LogP contribution < -0.4 is 5.32 Å². The summed E-state index contributed by atoms with van der Waals surface area (Å²) in [5, 5.41) is 2.68. The van der Waals surface area contributed by atoms with Gasteiger partial charge in [0.25, 0.3) is 5.91 Å². The maximum absolute atomic E-state index is 13.6. The van der Waals surface area contributed by atoms with Gasteiger partial charge < -0.3 is 5.32 Å². The maximum Gasteiger partial charge on any atom is 0.251 e. The lowest BCUT2D eigenvalue weighted by Crippen LogP contribution is -2.27. The highest BCUT2D eigenvalue weighted by Gasteiger charge is 2.15. The fraction of sp³-hybridized carbons (Fsp3) is 0.133. The molecule has 0 heterocycles. The van der Waals surface area contributed by atoms with Crippen LogP contribution in [0.15, 0.2) is 46.9 Å². The zero-order valence-electron chi connectivity index (χ0n) is 10.7. The number of halogens is 3. The topological polar surface area (TPSA) is 29.1 Å². The lowest BCUT2D eigenvalue weighted by molar-refractivity contribution is 0.0939. The summed E-state index contributed by atoms with van der Waals surface area (Å²) in [5.41, 5.74) is 0.712. The number of hydrogen-bond acceptors (Lipinski definition) is 1. The summed E-state index contributed by atoms with van der Waals surface area (Å²) in [6.07, 6.45) is 0. The predicted octanol–water partition coefficient (Wildman–Crippen LogP) is 4.22. The second-order valence-electron chi connectivity index (χ2n) is 4.37. The Balaban J connectivity index is 2.15. The van der Waals surface area contributed by atoms with Gasteiger partial charge in [-0.1, -0.05) is 28.1 Å². The zero-order chi connectivity index (χ0) is 14.7. The van der Waals surface area contributed by atoms with E-state index < -0.39 is 17.7 Å². The Hall–Kier alpha value is -1.75. The van der Waals surface area contributed by atoms with Crippen molar-refractivity contribution in [3.8, 4) is 0 Å². The first-order chi connectivity index (χ1) is 9.47. The molecule has 0 aliphatic carbocycles. The van der Waals surface area contributed by atoms with Gasteiger partial charge in [0.1, 0.15) is 11.6 Å². The molecule has 0 saturated heterocycles. The van der Waals surface area contributed by atoms with Crippen molar-refractivity contribution in [3.05, 3.63) is 69.7 Å². The van der Waals surface area contributed by atoms with Crippen LogP contribution >= 0.6 is 15.9 Å². The van der Waals surface area contributed by atoms with Crippen molar-refractivity contribution in [2.75, 3.05) is 0 Å². The molecule has 1 amide bonds. The number of carbonyl (C=O) groups excluding carboxylic acids is 1. The van der Waals surface area contributed by atoms with Gasteiger partial charge in [-0.25, -0.2) is 8.78 Å². The van der Waals surface area contributed by atoms with Crippen molar-refractivity contribution in [2.24, 2.45) is 0 Å². The van der Waals surface area contributed by atoms with Crippen LogP contribution in [-0.4, -0.2) is 5.91 Å². The summed E-state index contributed by atoms with van der Waals surface area (Å²) >= 11 is 3.28. The second kappa shape index (κ2) is 6.13. The highest BCUT2D eigenvalue weighted by atomic mass is 79.9. The average molecular weight is 340 g/mol. The Morgan fingerprint density at radius 2 is 1.95 bits per heavy atom. The third-order valence-electron chi connectivity index (χ3n) is 2.86. The lowest BCUT2D eigenvalue weighted by atomic mass is 10.1. The Bertz CT molecular complexity index is 646. The normalized spacial score (nSPS) is 12.0. The Morgan fingerprint density at radius 1 is 1.20 bits per heavy atom. The summed E-state index contributed by atoms with van der Waals surface area (Å²) in [6.45, 7) is 1.65. The first kappa shape index (κ1) is 14.7. The van der Waals surface area contributed by atoms with Crippen LogP contribution in [0.25, 0.3) is 0 Å². The number of rotatable bonds is 3. The molecular weight excluding hydrogens is 328 g/mol. The van der Waals surface area contributed by atoms with Crippen LogP contribution in [0.3, 0.4) is 0 Å². The highest BCUT2D eigenvalue weighted by Crippen LogP contribution is 2.19. The third-order valence-corrected chi connectivity index (χ3v) is 3.36. The summed E-state index contributed by atoms with van der Waals surface area (Å²) in [6, 6.07) is 9.62. The van der Waals surface area contributed by atoms with Crippen molar-refractivity contribution in [1.82, 2.24) is 5.32 Å². The molecule has 0 fully saturated rings. The van der Waals surface area contributed by atoms with Gasteiger partial charge in [0.05, 0.1) is 6.04 Å². The number of amides is 1. The van der Waals surface area contributed by atoms with Crippen LogP contribution in [0, 0.1) is 11.6 Å². The van der Waals surface area contributed by atoms with E-state index in [0.717, 1.165) is 10.5 Å². The average Bonchev–Trinajstić information content (AvgIpc) is 2.38. The molecule has 0 aromatic heterocycles. The van der Waals surface area contributed by atoms with E-state index in [-0.39, 0.29) is 11.5 Å².